The molecule has 0 fully saturated rings. The molecule has 7 heteroatoms. The summed E-state index contributed by atoms with van der Waals surface area (Å²) in [6.45, 7) is 2.16. The van der Waals surface area contributed by atoms with Gasteiger partial charge in [-0.2, -0.15) is 0 Å². The monoisotopic (exact) mass is 346 g/mol. The summed E-state index contributed by atoms with van der Waals surface area (Å²) >= 11 is 0. The number of benzene rings is 1. The van der Waals surface area contributed by atoms with Crippen LogP contribution < -0.4 is 5.32 Å². The smallest absolute Gasteiger partial charge is 0.257 e. The summed E-state index contributed by atoms with van der Waals surface area (Å²) in [5.74, 6) is -0.192. The van der Waals surface area contributed by atoms with E-state index in [1.54, 1.807) is 49.9 Å². The number of anilines is 1. The van der Waals surface area contributed by atoms with Crippen molar-refractivity contribution < 1.29 is 9.00 Å². The van der Waals surface area contributed by atoms with Gasteiger partial charge in [0, 0.05) is 37.9 Å². The van der Waals surface area contributed by atoms with Crippen molar-refractivity contribution in [1.29, 1.82) is 0 Å². The van der Waals surface area contributed by atoms with E-state index in [9.17, 15) is 9.00 Å². The number of hydrogen-bond donors (Lipinski definition) is 1. The zero-order valence-electron chi connectivity index (χ0n) is 14.3. The van der Waals surface area contributed by atoms with Crippen LogP contribution in [0.3, 0.4) is 0 Å². The Hall–Kier alpha value is -2.25. The molecule has 0 saturated carbocycles. The van der Waals surface area contributed by atoms with E-state index in [0.717, 1.165) is 5.56 Å². The van der Waals surface area contributed by atoms with Gasteiger partial charge in [-0.1, -0.05) is 12.1 Å². The van der Waals surface area contributed by atoms with Crippen molar-refractivity contribution >= 4 is 21.5 Å². The molecule has 1 aromatic carbocycles. The molecule has 1 unspecified atom stereocenters. The lowest BCUT2D eigenvalue weighted by Gasteiger charge is -2.12. The van der Waals surface area contributed by atoms with E-state index >= 15 is 0 Å². The molecule has 1 heterocycles. The van der Waals surface area contributed by atoms with Gasteiger partial charge in [0.2, 0.25) is 0 Å². The Balaban J connectivity index is 2.06. The summed E-state index contributed by atoms with van der Waals surface area (Å²) < 4.78 is 18.0. The standard InChI is InChI=1S/C17H22N4O2S/c1-13-16(6-5-11-18-13)17(22)20-15-9-7-14(8-10-15)12-19-24(4,23)21(2)3/h5-11H,12H2,1-4H3,(H,20,22). The third-order valence-electron chi connectivity index (χ3n) is 3.63. The molecule has 0 aliphatic heterocycles. The Morgan fingerprint density at radius 1 is 1.25 bits per heavy atom. The van der Waals surface area contributed by atoms with Crippen LogP contribution in [0.1, 0.15) is 21.6 Å². The third kappa shape index (κ3) is 4.62. The van der Waals surface area contributed by atoms with E-state index < -0.39 is 9.92 Å². The Morgan fingerprint density at radius 2 is 1.92 bits per heavy atom. The van der Waals surface area contributed by atoms with Crippen molar-refractivity contribution in [2.24, 2.45) is 4.36 Å². The number of aryl methyl sites for hydroxylation is 1. The molecule has 1 aromatic heterocycles. The van der Waals surface area contributed by atoms with E-state index in [1.807, 2.05) is 24.3 Å². The van der Waals surface area contributed by atoms with Crippen molar-refractivity contribution in [1.82, 2.24) is 9.29 Å². The van der Waals surface area contributed by atoms with Gasteiger partial charge in [-0.3, -0.25) is 9.78 Å². The largest absolute Gasteiger partial charge is 0.322 e. The van der Waals surface area contributed by atoms with E-state index in [2.05, 4.69) is 14.7 Å². The van der Waals surface area contributed by atoms with Gasteiger partial charge in [-0.05, 0) is 36.8 Å². The van der Waals surface area contributed by atoms with Crippen molar-refractivity contribution in [2.45, 2.75) is 13.5 Å². The molecule has 0 radical (unpaired) electrons. The summed E-state index contributed by atoms with van der Waals surface area (Å²) in [5, 5.41) is 2.84. The Morgan fingerprint density at radius 3 is 2.50 bits per heavy atom. The molecule has 1 amide bonds. The average molecular weight is 346 g/mol. The lowest BCUT2D eigenvalue weighted by atomic mass is 10.1. The SMILES string of the molecule is Cc1ncccc1C(=O)Nc1ccc(CN=S(C)(=O)N(C)C)cc1. The minimum atomic E-state index is -2.33. The molecule has 1 N–H and O–H groups in total. The number of rotatable bonds is 5. The molecule has 0 spiro atoms. The number of carbonyl (C=O) groups excluding carboxylic acids is 1. The zero-order chi connectivity index (χ0) is 17.7. The van der Waals surface area contributed by atoms with E-state index in [0.29, 0.717) is 23.5 Å². The first-order chi connectivity index (χ1) is 11.3. The first-order valence-electron chi connectivity index (χ1n) is 7.47. The van der Waals surface area contributed by atoms with Gasteiger partial charge in [0.05, 0.1) is 12.1 Å². The van der Waals surface area contributed by atoms with Gasteiger partial charge in [-0.25, -0.2) is 12.9 Å². The fourth-order valence-corrected chi connectivity index (χ4v) is 2.55. The average Bonchev–Trinajstić information content (AvgIpc) is 2.54. The quantitative estimate of drug-likeness (QED) is 0.904. The molecule has 2 rings (SSSR count). The maximum Gasteiger partial charge on any atom is 0.257 e. The predicted octanol–water partition coefficient (Wildman–Crippen LogP) is 2.72. The van der Waals surface area contributed by atoms with Crippen LogP contribution in [0.25, 0.3) is 0 Å². The predicted molar refractivity (Wildman–Crippen MR) is 97.3 cm³/mol. The lowest BCUT2D eigenvalue weighted by Crippen LogP contribution is -2.20. The van der Waals surface area contributed by atoms with Crippen molar-refractivity contribution in [3.63, 3.8) is 0 Å². The zero-order valence-corrected chi connectivity index (χ0v) is 15.1. The van der Waals surface area contributed by atoms with Crippen LogP contribution >= 0.6 is 0 Å². The van der Waals surface area contributed by atoms with Crippen LogP contribution in [0.15, 0.2) is 47.0 Å². The van der Waals surface area contributed by atoms with Gasteiger partial charge in [0.15, 0.2) is 0 Å². The van der Waals surface area contributed by atoms with E-state index in [-0.39, 0.29) is 5.91 Å². The number of hydrogen-bond acceptors (Lipinski definition) is 4. The topological polar surface area (TPSA) is 74.7 Å². The Labute approximate surface area is 143 Å². The van der Waals surface area contributed by atoms with Crippen molar-refractivity contribution in [3.8, 4) is 0 Å². The normalized spacial score (nSPS) is 13.4. The number of nitrogens with one attached hydrogen (secondary N) is 1. The molecule has 2 aromatic rings. The summed E-state index contributed by atoms with van der Waals surface area (Å²) in [4.78, 5) is 16.4. The van der Waals surface area contributed by atoms with Crippen LogP contribution in [0.2, 0.25) is 0 Å². The maximum atomic E-state index is 12.2. The highest BCUT2D eigenvalue weighted by atomic mass is 32.2. The molecular weight excluding hydrogens is 324 g/mol. The number of amides is 1. The van der Waals surface area contributed by atoms with Crippen LogP contribution in [0.4, 0.5) is 5.69 Å². The summed E-state index contributed by atoms with van der Waals surface area (Å²) in [7, 11) is 1.15. The molecule has 0 bridgehead atoms. The fourth-order valence-electron chi connectivity index (χ4n) is 1.93. The van der Waals surface area contributed by atoms with E-state index in [4.69, 9.17) is 0 Å². The highest BCUT2D eigenvalue weighted by Gasteiger charge is 2.09. The molecule has 6 nitrogen and oxygen atoms in total. The number of pyridine rings is 1. The minimum absolute atomic E-state index is 0.192. The first kappa shape index (κ1) is 18.1. The molecule has 24 heavy (non-hydrogen) atoms. The molecule has 0 saturated heterocycles. The summed E-state index contributed by atoms with van der Waals surface area (Å²) in [6.07, 6.45) is 3.27. The molecular formula is C17H22N4O2S. The fraction of sp³-hybridized carbons (Fsp3) is 0.294. The molecule has 1 atom stereocenters. The van der Waals surface area contributed by atoms with Crippen molar-refractivity contribution in [2.75, 3.05) is 25.7 Å². The molecule has 0 aliphatic carbocycles. The second kappa shape index (κ2) is 7.55. The number of aromatic nitrogens is 1. The Kier molecular flexibility index (Phi) is 5.69. The highest BCUT2D eigenvalue weighted by Crippen LogP contribution is 2.14. The second-order valence-electron chi connectivity index (χ2n) is 5.65. The Bertz CT molecular complexity index is 838. The van der Waals surface area contributed by atoms with Gasteiger partial charge < -0.3 is 5.32 Å². The van der Waals surface area contributed by atoms with Crippen molar-refractivity contribution in [3.05, 3.63) is 59.4 Å². The van der Waals surface area contributed by atoms with Crippen LogP contribution in [0.5, 0.6) is 0 Å². The maximum absolute atomic E-state index is 12.2. The first-order valence-corrected chi connectivity index (χ1v) is 9.35. The van der Waals surface area contributed by atoms with E-state index in [1.165, 1.54) is 0 Å². The van der Waals surface area contributed by atoms with Gasteiger partial charge in [0.25, 0.3) is 5.91 Å². The second-order valence-corrected chi connectivity index (χ2v) is 8.16. The van der Waals surface area contributed by atoms with Gasteiger partial charge in [0.1, 0.15) is 9.92 Å². The van der Waals surface area contributed by atoms with Gasteiger partial charge in [-0.15, -0.1) is 0 Å². The third-order valence-corrected chi connectivity index (χ3v) is 5.59. The molecule has 0 aliphatic rings. The lowest BCUT2D eigenvalue weighted by molar-refractivity contribution is 0.102. The van der Waals surface area contributed by atoms with Crippen LogP contribution in [-0.4, -0.2) is 39.8 Å². The summed E-state index contributed by atoms with van der Waals surface area (Å²) in [6, 6.07) is 10.8. The number of nitrogens with zero attached hydrogens (tertiary/aromatic N) is 3. The van der Waals surface area contributed by atoms with Crippen LogP contribution in [0, 0.1) is 6.92 Å². The molecule has 128 valence electrons. The minimum Gasteiger partial charge on any atom is -0.322 e. The summed E-state index contributed by atoms with van der Waals surface area (Å²) in [5.41, 5.74) is 2.86. The van der Waals surface area contributed by atoms with Crippen LogP contribution in [-0.2, 0) is 16.5 Å². The van der Waals surface area contributed by atoms with Gasteiger partial charge >= 0.3 is 0 Å². The highest BCUT2D eigenvalue weighted by molar-refractivity contribution is 7.90. The number of carbonyl (C=O) groups is 1.